The molecule has 4 heteroatoms. The van der Waals surface area contributed by atoms with E-state index in [-0.39, 0.29) is 25.3 Å². The molecular weight excluding hydrogens is 168 g/mol. The highest BCUT2D eigenvalue weighted by molar-refractivity contribution is 5.90. The Balaban J connectivity index is 0.00000169. The van der Waals surface area contributed by atoms with E-state index in [2.05, 4.69) is 10.6 Å². The third kappa shape index (κ3) is 2.72. The van der Waals surface area contributed by atoms with Crippen molar-refractivity contribution in [2.24, 2.45) is 0 Å². The van der Waals surface area contributed by atoms with Crippen molar-refractivity contribution in [2.45, 2.75) is 45.2 Å². The fraction of sp³-hybridized carbons (Fsp3) is 0.778. The summed E-state index contributed by atoms with van der Waals surface area (Å²) >= 11 is 0. The maximum Gasteiger partial charge on any atom is 0.242 e. The Labute approximate surface area is 79.6 Å². The molecule has 0 radical (unpaired) electrons. The first-order valence-corrected chi connectivity index (χ1v) is 4.73. The quantitative estimate of drug-likeness (QED) is 0.671. The predicted molar refractivity (Wildman–Crippen MR) is 51.2 cm³/mol. The van der Waals surface area contributed by atoms with Gasteiger partial charge in [-0.2, -0.15) is 0 Å². The minimum atomic E-state index is -0.304. The molecule has 13 heavy (non-hydrogen) atoms. The zero-order valence-electron chi connectivity index (χ0n) is 8.09. The molecule has 1 saturated heterocycles. The largest absolute Gasteiger partial charge is 0.352 e. The van der Waals surface area contributed by atoms with E-state index < -0.39 is 0 Å². The van der Waals surface area contributed by atoms with Crippen molar-refractivity contribution in [3.05, 3.63) is 0 Å². The second kappa shape index (κ2) is 4.25. The lowest BCUT2D eigenvalue weighted by Gasteiger charge is -2.15. The minimum absolute atomic E-state index is 0. The Bertz CT molecular complexity index is 221. The second-order valence-electron chi connectivity index (χ2n) is 3.48. The first kappa shape index (κ1) is 10.0. The van der Waals surface area contributed by atoms with Crippen LogP contribution in [-0.4, -0.2) is 23.9 Å². The summed E-state index contributed by atoms with van der Waals surface area (Å²) in [5, 5.41) is 5.47. The first-order chi connectivity index (χ1) is 6.13. The van der Waals surface area contributed by atoms with E-state index in [0.29, 0.717) is 12.8 Å². The highest BCUT2D eigenvalue weighted by Crippen LogP contribution is 2.06. The van der Waals surface area contributed by atoms with E-state index in [1.54, 1.807) is 0 Å². The monoisotopic (exact) mass is 186 g/mol. The van der Waals surface area contributed by atoms with Crippen LogP contribution in [0, 0.1) is 0 Å². The van der Waals surface area contributed by atoms with Crippen LogP contribution in [0.4, 0.5) is 0 Å². The van der Waals surface area contributed by atoms with Crippen LogP contribution in [0.3, 0.4) is 0 Å². The summed E-state index contributed by atoms with van der Waals surface area (Å²) in [5.74, 6) is -0.0792. The molecule has 0 saturated carbocycles. The topological polar surface area (TPSA) is 58.2 Å². The Morgan fingerprint density at radius 2 is 2.54 bits per heavy atom. The van der Waals surface area contributed by atoms with E-state index in [0.717, 1.165) is 6.42 Å². The van der Waals surface area contributed by atoms with Gasteiger partial charge >= 0.3 is 0 Å². The maximum atomic E-state index is 11.4. The Morgan fingerprint density at radius 1 is 1.85 bits per heavy atom. The number of carbonyl (C=O) groups is 2. The smallest absolute Gasteiger partial charge is 0.242 e. The second-order valence-corrected chi connectivity index (χ2v) is 3.48. The van der Waals surface area contributed by atoms with Crippen LogP contribution in [0.1, 0.15) is 34.5 Å². The Morgan fingerprint density at radius 3 is 3.00 bits per heavy atom. The average Bonchev–Trinajstić information content (AvgIpc) is 2.51. The van der Waals surface area contributed by atoms with Gasteiger partial charge in [0.15, 0.2) is 0 Å². The van der Waals surface area contributed by atoms with Crippen molar-refractivity contribution in [2.75, 3.05) is 0 Å². The SMILES string of the molecule is CCC(C)NC(=O)C1CCC(=O)N1.[HH]. The number of amides is 2. The van der Waals surface area contributed by atoms with Gasteiger partial charge in [-0.05, 0) is 19.8 Å². The molecule has 2 N–H and O–H groups in total. The third-order valence-electron chi connectivity index (χ3n) is 2.31. The average molecular weight is 186 g/mol. The maximum absolute atomic E-state index is 11.4. The van der Waals surface area contributed by atoms with Crippen LogP contribution in [0.2, 0.25) is 0 Å². The highest BCUT2D eigenvalue weighted by Gasteiger charge is 2.27. The van der Waals surface area contributed by atoms with Gasteiger partial charge in [0.25, 0.3) is 0 Å². The van der Waals surface area contributed by atoms with Gasteiger partial charge in [0, 0.05) is 13.9 Å². The van der Waals surface area contributed by atoms with Crippen LogP contribution in [0.5, 0.6) is 0 Å². The van der Waals surface area contributed by atoms with Crippen molar-refractivity contribution in [1.82, 2.24) is 10.6 Å². The lowest BCUT2D eigenvalue weighted by molar-refractivity contribution is -0.126. The fourth-order valence-electron chi connectivity index (χ4n) is 1.26. The molecule has 2 unspecified atom stereocenters. The number of nitrogens with one attached hydrogen (secondary N) is 2. The van der Waals surface area contributed by atoms with Gasteiger partial charge in [-0.3, -0.25) is 9.59 Å². The lowest BCUT2D eigenvalue weighted by atomic mass is 10.2. The van der Waals surface area contributed by atoms with Gasteiger partial charge in [0.2, 0.25) is 11.8 Å². The molecule has 1 aliphatic heterocycles. The van der Waals surface area contributed by atoms with E-state index in [4.69, 9.17) is 0 Å². The summed E-state index contributed by atoms with van der Waals surface area (Å²) in [7, 11) is 0. The van der Waals surface area contributed by atoms with Crippen LogP contribution < -0.4 is 10.6 Å². The van der Waals surface area contributed by atoms with Gasteiger partial charge in [0.05, 0.1) is 0 Å². The van der Waals surface area contributed by atoms with Crippen LogP contribution in [0.25, 0.3) is 0 Å². The van der Waals surface area contributed by atoms with Gasteiger partial charge < -0.3 is 10.6 Å². The zero-order valence-corrected chi connectivity index (χ0v) is 8.09. The van der Waals surface area contributed by atoms with Crippen LogP contribution in [0.15, 0.2) is 0 Å². The highest BCUT2D eigenvalue weighted by atomic mass is 16.2. The predicted octanol–water partition coefficient (Wildman–Crippen LogP) is 0.426. The van der Waals surface area contributed by atoms with Crippen LogP contribution >= 0.6 is 0 Å². The normalized spacial score (nSPS) is 23.8. The summed E-state index contributed by atoms with van der Waals surface area (Å²) in [5.41, 5.74) is 0. The van der Waals surface area contributed by atoms with Gasteiger partial charge in [-0.1, -0.05) is 6.92 Å². The van der Waals surface area contributed by atoms with E-state index in [1.165, 1.54) is 0 Å². The molecular formula is C9H18N2O2. The molecule has 2 amide bonds. The minimum Gasteiger partial charge on any atom is -0.352 e. The summed E-state index contributed by atoms with van der Waals surface area (Å²) in [4.78, 5) is 22.3. The molecule has 0 aromatic carbocycles. The van der Waals surface area contributed by atoms with E-state index in [9.17, 15) is 9.59 Å². The van der Waals surface area contributed by atoms with Crippen molar-refractivity contribution < 1.29 is 11.0 Å². The van der Waals surface area contributed by atoms with Crippen molar-refractivity contribution >= 4 is 11.8 Å². The molecule has 2 atom stereocenters. The molecule has 76 valence electrons. The van der Waals surface area contributed by atoms with Gasteiger partial charge in [-0.15, -0.1) is 0 Å². The van der Waals surface area contributed by atoms with Crippen molar-refractivity contribution in [1.29, 1.82) is 0 Å². The molecule has 4 nitrogen and oxygen atoms in total. The molecule has 0 bridgehead atoms. The Kier molecular flexibility index (Phi) is 3.28. The molecule has 1 rings (SSSR count). The number of hydrogen-bond donors (Lipinski definition) is 2. The number of carbonyl (C=O) groups excluding carboxylic acids is 2. The van der Waals surface area contributed by atoms with E-state index in [1.807, 2.05) is 13.8 Å². The fourth-order valence-corrected chi connectivity index (χ4v) is 1.26. The van der Waals surface area contributed by atoms with Crippen molar-refractivity contribution in [3.63, 3.8) is 0 Å². The Hall–Kier alpha value is -1.06. The zero-order chi connectivity index (χ0) is 9.84. The van der Waals surface area contributed by atoms with Crippen LogP contribution in [-0.2, 0) is 9.59 Å². The summed E-state index contributed by atoms with van der Waals surface area (Å²) in [6.45, 7) is 3.97. The number of rotatable bonds is 3. The van der Waals surface area contributed by atoms with E-state index >= 15 is 0 Å². The molecule has 0 aromatic heterocycles. The molecule has 1 heterocycles. The molecule has 1 aliphatic rings. The molecule has 0 spiro atoms. The first-order valence-electron chi connectivity index (χ1n) is 4.73. The summed E-state index contributed by atoms with van der Waals surface area (Å²) in [6, 6.07) is -0.119. The number of hydrogen-bond acceptors (Lipinski definition) is 2. The van der Waals surface area contributed by atoms with Crippen molar-refractivity contribution in [3.8, 4) is 0 Å². The molecule has 0 aliphatic carbocycles. The summed E-state index contributed by atoms with van der Waals surface area (Å²) in [6.07, 6.45) is 2.01. The van der Waals surface area contributed by atoms with Gasteiger partial charge in [0.1, 0.15) is 6.04 Å². The van der Waals surface area contributed by atoms with Gasteiger partial charge in [-0.25, -0.2) is 0 Å². The third-order valence-corrected chi connectivity index (χ3v) is 2.31. The molecule has 1 fully saturated rings. The lowest BCUT2D eigenvalue weighted by Crippen LogP contribution is -2.44. The summed E-state index contributed by atoms with van der Waals surface area (Å²) < 4.78 is 0. The standard InChI is InChI=1S/C9H16N2O2.H2/c1-3-6(2)10-9(13)7-4-5-8(12)11-7;/h6-7H,3-5H2,1-2H3,(H,10,13)(H,11,12);1H. The molecule has 0 aromatic rings.